The van der Waals surface area contributed by atoms with Gasteiger partial charge in [-0.15, -0.1) is 0 Å². The van der Waals surface area contributed by atoms with Crippen LogP contribution in [0.2, 0.25) is 0 Å². The summed E-state index contributed by atoms with van der Waals surface area (Å²) in [6.07, 6.45) is 5.79. The van der Waals surface area contributed by atoms with E-state index in [9.17, 15) is 0 Å². The number of thiocarbonyl (C=S) groups is 1. The summed E-state index contributed by atoms with van der Waals surface area (Å²) in [7, 11) is 0. The molecule has 4 aromatic rings. The molecule has 0 amide bonds. The smallest absolute Gasteiger partial charge is 0.174 e. The molecule has 0 radical (unpaired) electrons. The predicted molar refractivity (Wildman–Crippen MR) is 132 cm³/mol. The highest BCUT2D eigenvalue weighted by atomic mass is 32.1. The number of rotatable bonds is 4. The second kappa shape index (κ2) is 8.20. The maximum Gasteiger partial charge on any atom is 0.174 e. The molecular formula is C26H25N5S. The predicted octanol–water partition coefficient (Wildman–Crippen LogP) is 5.37. The molecule has 0 unspecified atom stereocenters. The first kappa shape index (κ1) is 20.4. The van der Waals surface area contributed by atoms with Gasteiger partial charge in [0.15, 0.2) is 5.11 Å². The molecule has 1 fully saturated rings. The van der Waals surface area contributed by atoms with Crippen molar-refractivity contribution in [1.82, 2.24) is 19.9 Å². The van der Waals surface area contributed by atoms with E-state index in [4.69, 9.17) is 12.2 Å². The summed E-state index contributed by atoms with van der Waals surface area (Å²) in [4.78, 5) is 11.5. The molecule has 1 saturated heterocycles. The fourth-order valence-electron chi connectivity index (χ4n) is 4.47. The standard InChI is InChI=1S/C26H25N5S/c1-17-9-10-23(28-16-17)30-12-6-8-22(30)25-24(21-7-4-5-11-27-21)29-26(32)31(25)20-14-18(2)13-19(3)15-20/h4-16,24-25H,1-3H3,(H,29,32)/t24-,25+/m0/s1. The molecule has 160 valence electrons. The van der Waals surface area contributed by atoms with Gasteiger partial charge < -0.3 is 14.8 Å². The Hall–Kier alpha value is -3.51. The Kier molecular flexibility index (Phi) is 5.23. The normalized spacial score (nSPS) is 18.1. The molecule has 0 saturated carbocycles. The number of hydrogen-bond donors (Lipinski definition) is 1. The van der Waals surface area contributed by atoms with Crippen LogP contribution in [0.3, 0.4) is 0 Å². The van der Waals surface area contributed by atoms with Crippen LogP contribution in [0, 0.1) is 20.8 Å². The van der Waals surface area contributed by atoms with Crippen molar-refractivity contribution in [2.45, 2.75) is 32.9 Å². The van der Waals surface area contributed by atoms with Crippen molar-refractivity contribution in [3.63, 3.8) is 0 Å². The number of nitrogens with zero attached hydrogens (tertiary/aromatic N) is 4. The fourth-order valence-corrected chi connectivity index (χ4v) is 4.82. The molecular weight excluding hydrogens is 414 g/mol. The van der Waals surface area contributed by atoms with Gasteiger partial charge in [-0.2, -0.15) is 0 Å². The lowest BCUT2D eigenvalue weighted by Crippen LogP contribution is -2.30. The molecule has 5 nitrogen and oxygen atoms in total. The van der Waals surface area contributed by atoms with Gasteiger partial charge in [-0.1, -0.05) is 18.2 Å². The fraction of sp³-hybridized carbons (Fsp3) is 0.192. The molecule has 0 spiro atoms. The minimum absolute atomic E-state index is 0.0864. The number of benzene rings is 1. The molecule has 5 rings (SSSR count). The summed E-state index contributed by atoms with van der Waals surface area (Å²) < 4.78 is 2.14. The lowest BCUT2D eigenvalue weighted by Gasteiger charge is -2.29. The highest BCUT2D eigenvalue weighted by Crippen LogP contribution is 2.42. The summed E-state index contributed by atoms with van der Waals surface area (Å²) in [5.74, 6) is 0.883. The average Bonchev–Trinajstić information content (AvgIpc) is 3.38. The van der Waals surface area contributed by atoms with Crippen LogP contribution in [-0.4, -0.2) is 19.6 Å². The lowest BCUT2D eigenvalue weighted by atomic mass is 10.00. The molecule has 0 aliphatic carbocycles. The van der Waals surface area contributed by atoms with Crippen LogP contribution in [0.5, 0.6) is 0 Å². The maximum absolute atomic E-state index is 5.88. The summed E-state index contributed by atoms with van der Waals surface area (Å²) in [6, 6.07) is 20.7. The first-order valence-electron chi connectivity index (χ1n) is 10.7. The summed E-state index contributed by atoms with van der Waals surface area (Å²) in [6.45, 7) is 6.28. The molecule has 3 aromatic heterocycles. The topological polar surface area (TPSA) is 46.0 Å². The second-order valence-corrected chi connectivity index (χ2v) is 8.73. The Bertz CT molecular complexity index is 1240. The number of anilines is 1. The number of hydrogen-bond acceptors (Lipinski definition) is 3. The van der Waals surface area contributed by atoms with Crippen LogP contribution in [0.1, 0.15) is 40.2 Å². The number of pyridine rings is 2. The SMILES string of the molecule is Cc1ccc(-n2cccc2[C@@H]2[C@H](c3ccccn3)NC(=S)N2c2cc(C)cc(C)c2)nc1. The van der Waals surface area contributed by atoms with Gasteiger partial charge in [0.1, 0.15) is 11.9 Å². The van der Waals surface area contributed by atoms with Crippen molar-refractivity contribution in [2.75, 3.05) is 4.90 Å². The Morgan fingerprint density at radius 3 is 2.38 bits per heavy atom. The largest absolute Gasteiger partial charge is 0.351 e. The van der Waals surface area contributed by atoms with Crippen LogP contribution < -0.4 is 10.2 Å². The van der Waals surface area contributed by atoms with Crippen molar-refractivity contribution in [1.29, 1.82) is 0 Å². The number of aryl methyl sites for hydroxylation is 3. The van der Waals surface area contributed by atoms with Gasteiger partial charge in [-0.25, -0.2) is 4.98 Å². The van der Waals surface area contributed by atoms with Crippen molar-refractivity contribution in [3.8, 4) is 5.82 Å². The van der Waals surface area contributed by atoms with Crippen LogP contribution in [0.25, 0.3) is 5.82 Å². The Morgan fingerprint density at radius 2 is 1.69 bits per heavy atom. The van der Waals surface area contributed by atoms with Gasteiger partial charge in [0.2, 0.25) is 0 Å². The van der Waals surface area contributed by atoms with Crippen molar-refractivity contribution >= 4 is 23.0 Å². The molecule has 1 aliphatic heterocycles. The molecule has 1 N–H and O–H groups in total. The van der Waals surface area contributed by atoms with Gasteiger partial charge in [-0.05, 0) is 92.1 Å². The van der Waals surface area contributed by atoms with Crippen LogP contribution in [-0.2, 0) is 0 Å². The molecule has 0 bridgehead atoms. The third kappa shape index (κ3) is 3.67. The van der Waals surface area contributed by atoms with E-state index in [-0.39, 0.29) is 12.1 Å². The van der Waals surface area contributed by atoms with Crippen molar-refractivity contribution in [2.24, 2.45) is 0 Å². The first-order chi connectivity index (χ1) is 15.5. The van der Waals surface area contributed by atoms with E-state index in [0.29, 0.717) is 5.11 Å². The van der Waals surface area contributed by atoms with Gasteiger partial charge in [0.25, 0.3) is 0 Å². The monoisotopic (exact) mass is 439 g/mol. The van der Waals surface area contributed by atoms with Crippen molar-refractivity contribution in [3.05, 3.63) is 107 Å². The number of aromatic nitrogens is 3. The lowest BCUT2D eigenvalue weighted by molar-refractivity contribution is 0.548. The number of nitrogens with one attached hydrogen (secondary N) is 1. The second-order valence-electron chi connectivity index (χ2n) is 8.34. The van der Waals surface area contributed by atoms with Gasteiger partial charge in [-0.3, -0.25) is 4.98 Å². The van der Waals surface area contributed by atoms with Gasteiger partial charge >= 0.3 is 0 Å². The van der Waals surface area contributed by atoms with Gasteiger partial charge in [0.05, 0.1) is 11.7 Å². The summed E-state index contributed by atoms with van der Waals surface area (Å²) in [5.41, 5.74) is 6.68. The molecule has 32 heavy (non-hydrogen) atoms. The summed E-state index contributed by atoms with van der Waals surface area (Å²) >= 11 is 5.88. The molecule has 1 aliphatic rings. The van der Waals surface area contributed by atoms with E-state index in [2.05, 4.69) is 93.3 Å². The van der Waals surface area contributed by atoms with E-state index >= 15 is 0 Å². The summed E-state index contributed by atoms with van der Waals surface area (Å²) in [5, 5.41) is 4.24. The highest BCUT2D eigenvalue weighted by molar-refractivity contribution is 7.80. The zero-order chi connectivity index (χ0) is 22.2. The van der Waals surface area contributed by atoms with Gasteiger partial charge in [0, 0.05) is 30.0 Å². The van der Waals surface area contributed by atoms with Crippen molar-refractivity contribution < 1.29 is 0 Å². The quantitative estimate of drug-likeness (QED) is 0.433. The van der Waals surface area contributed by atoms with Crippen LogP contribution >= 0.6 is 12.2 Å². The molecule has 6 heteroatoms. The minimum Gasteiger partial charge on any atom is -0.351 e. The third-order valence-electron chi connectivity index (χ3n) is 5.81. The zero-order valence-electron chi connectivity index (χ0n) is 18.4. The zero-order valence-corrected chi connectivity index (χ0v) is 19.2. The average molecular weight is 440 g/mol. The third-order valence-corrected chi connectivity index (χ3v) is 6.12. The minimum atomic E-state index is -0.0939. The highest BCUT2D eigenvalue weighted by Gasteiger charge is 2.42. The Morgan fingerprint density at radius 1 is 0.875 bits per heavy atom. The van der Waals surface area contributed by atoms with E-state index in [1.807, 2.05) is 31.5 Å². The van der Waals surface area contributed by atoms with E-state index in [1.165, 1.54) is 11.1 Å². The van der Waals surface area contributed by atoms with E-state index < -0.39 is 0 Å². The van der Waals surface area contributed by atoms with E-state index in [0.717, 1.165) is 28.5 Å². The van der Waals surface area contributed by atoms with Crippen LogP contribution in [0.4, 0.5) is 5.69 Å². The Labute approximate surface area is 193 Å². The Balaban J connectivity index is 1.68. The molecule has 4 heterocycles. The molecule has 2 atom stereocenters. The molecule has 1 aromatic carbocycles. The maximum atomic E-state index is 5.88. The van der Waals surface area contributed by atoms with Crippen LogP contribution in [0.15, 0.2) is 79.3 Å². The van der Waals surface area contributed by atoms with E-state index in [1.54, 1.807) is 0 Å². The first-order valence-corrected chi connectivity index (χ1v) is 11.1.